The van der Waals surface area contributed by atoms with Crippen LogP contribution in [0.1, 0.15) is 48.2 Å². The molecular formula is C29H32Cl2N6O7S. The Balaban J connectivity index is 1.50. The minimum Gasteiger partial charge on any atom is -0.480 e. The van der Waals surface area contributed by atoms with Crippen LogP contribution >= 0.6 is 23.2 Å². The molecule has 3 amide bonds. The second-order valence-electron chi connectivity index (χ2n) is 10.8. The number of urea groups is 1. The Morgan fingerprint density at radius 2 is 1.67 bits per heavy atom. The molecule has 0 radical (unpaired) electrons. The van der Waals surface area contributed by atoms with Gasteiger partial charge in [0.05, 0.1) is 26.4 Å². The number of carbonyl (C=O) groups is 3. The van der Waals surface area contributed by atoms with E-state index < -0.39 is 50.5 Å². The summed E-state index contributed by atoms with van der Waals surface area (Å²) in [5, 5.41) is 14.3. The molecule has 1 aliphatic heterocycles. The number of carboxylic acid groups (broad SMARTS) is 1. The molecule has 240 valence electrons. The van der Waals surface area contributed by atoms with Crippen molar-refractivity contribution in [1.29, 1.82) is 0 Å². The third-order valence-corrected chi connectivity index (χ3v) is 10.1. The highest BCUT2D eigenvalue weighted by Crippen LogP contribution is 2.34. The monoisotopic (exact) mass is 678 g/mol. The van der Waals surface area contributed by atoms with E-state index in [1.54, 1.807) is 19.9 Å². The first-order valence-corrected chi connectivity index (χ1v) is 16.2. The number of aliphatic carboxylic acids is 1. The van der Waals surface area contributed by atoms with Crippen molar-refractivity contribution in [3.63, 3.8) is 0 Å². The van der Waals surface area contributed by atoms with Crippen LogP contribution in [0, 0.1) is 0 Å². The number of H-pyrrole nitrogens is 1. The van der Waals surface area contributed by atoms with Crippen LogP contribution in [0.15, 0.2) is 59.5 Å². The molecule has 1 aliphatic rings. The third kappa shape index (κ3) is 8.00. The van der Waals surface area contributed by atoms with Gasteiger partial charge in [0.25, 0.3) is 5.91 Å². The fourth-order valence-electron chi connectivity index (χ4n) is 4.92. The number of hydrogen-bond acceptors (Lipinski definition) is 7. The average Bonchev–Trinajstić information content (AvgIpc) is 2.98. The number of rotatable bonds is 10. The number of nitrogens with zero attached hydrogens (tertiary/aromatic N) is 2. The molecule has 13 nitrogen and oxygen atoms in total. The molecule has 0 aliphatic carbocycles. The number of anilines is 1. The molecule has 1 atom stereocenters. The summed E-state index contributed by atoms with van der Waals surface area (Å²) in [6, 6.07) is 11.4. The molecule has 1 aromatic heterocycles. The largest absolute Gasteiger partial charge is 0.480 e. The van der Waals surface area contributed by atoms with Crippen LogP contribution in [0.3, 0.4) is 0 Å². The number of aromatic nitrogens is 2. The molecule has 3 aromatic rings. The van der Waals surface area contributed by atoms with Crippen molar-refractivity contribution in [1.82, 2.24) is 24.9 Å². The van der Waals surface area contributed by atoms with Crippen LogP contribution in [0.4, 0.5) is 10.6 Å². The van der Waals surface area contributed by atoms with Crippen LogP contribution in [0.5, 0.6) is 0 Å². The van der Waals surface area contributed by atoms with Crippen molar-refractivity contribution in [2.75, 3.05) is 18.4 Å². The van der Waals surface area contributed by atoms with Crippen molar-refractivity contribution in [3.8, 4) is 0 Å². The Morgan fingerprint density at radius 3 is 2.24 bits per heavy atom. The lowest BCUT2D eigenvalue weighted by Gasteiger charge is -2.43. The van der Waals surface area contributed by atoms with Crippen LogP contribution in [0.25, 0.3) is 0 Å². The Morgan fingerprint density at radius 1 is 1.04 bits per heavy atom. The number of hydrogen-bond donors (Lipinski definition) is 5. The first-order valence-electron chi connectivity index (χ1n) is 13.9. The highest BCUT2D eigenvalue weighted by molar-refractivity contribution is 7.90. The fraction of sp³-hybridized carbons (Fsp3) is 0.345. The van der Waals surface area contributed by atoms with Gasteiger partial charge in [-0.25, -0.2) is 27.5 Å². The van der Waals surface area contributed by atoms with Gasteiger partial charge >= 0.3 is 17.7 Å². The first-order chi connectivity index (χ1) is 21.2. The summed E-state index contributed by atoms with van der Waals surface area (Å²) < 4.78 is 28.6. The molecule has 16 heteroatoms. The minimum atomic E-state index is -3.67. The summed E-state index contributed by atoms with van der Waals surface area (Å²) in [4.78, 5) is 57.9. The van der Waals surface area contributed by atoms with Gasteiger partial charge in [0.2, 0.25) is 10.0 Å². The molecule has 0 spiro atoms. The molecule has 4 rings (SSSR count). The molecule has 1 unspecified atom stereocenters. The van der Waals surface area contributed by atoms with Crippen LogP contribution < -0.4 is 21.0 Å². The molecule has 1 fully saturated rings. The van der Waals surface area contributed by atoms with Crippen molar-refractivity contribution in [3.05, 3.63) is 91.9 Å². The van der Waals surface area contributed by atoms with Gasteiger partial charge in [0, 0.05) is 31.3 Å². The van der Waals surface area contributed by atoms with Gasteiger partial charge in [-0.05, 0) is 44.4 Å². The summed E-state index contributed by atoms with van der Waals surface area (Å²) in [7, 11) is -3.67. The second-order valence-corrected chi connectivity index (χ2v) is 13.9. The number of benzene rings is 2. The number of carbonyl (C=O) groups excluding carboxylic acids is 2. The van der Waals surface area contributed by atoms with E-state index >= 15 is 0 Å². The van der Waals surface area contributed by atoms with Gasteiger partial charge in [-0.1, -0.05) is 59.6 Å². The van der Waals surface area contributed by atoms with Gasteiger partial charge < -0.3 is 25.6 Å². The van der Waals surface area contributed by atoms with E-state index in [4.69, 9.17) is 23.2 Å². The van der Waals surface area contributed by atoms with Crippen molar-refractivity contribution in [2.45, 2.75) is 49.9 Å². The summed E-state index contributed by atoms with van der Waals surface area (Å²) in [5.74, 6) is -2.38. The summed E-state index contributed by atoms with van der Waals surface area (Å²) in [5.41, 5.74) is -0.950. The van der Waals surface area contributed by atoms with Crippen molar-refractivity contribution in [2.24, 2.45) is 0 Å². The van der Waals surface area contributed by atoms with Crippen LogP contribution in [-0.4, -0.2) is 70.7 Å². The van der Waals surface area contributed by atoms with E-state index in [1.165, 1.54) is 23.2 Å². The standard InChI is InChI=1S/C29H32Cl2N6O7S/c1-17(2)45(43,44)36-29(19-7-4-3-5-8-19)11-13-37(14-12-29)28(42)33-22(26(39)40)15-18-16-32-27(41)35-24(18)34-25(38)23-20(30)9-6-10-21(23)31/h3-10,16-17,22,36H,11-15H2,1-2H3,(H,33,42)(H,39,40)(H2,32,34,35,38,41). The predicted octanol–water partition coefficient (Wildman–Crippen LogP) is 3.35. The Bertz CT molecular complexity index is 1720. The summed E-state index contributed by atoms with van der Waals surface area (Å²) in [6.07, 6.45) is 1.33. The van der Waals surface area contributed by atoms with Crippen molar-refractivity contribution >= 4 is 57.0 Å². The lowest BCUT2D eigenvalue weighted by molar-refractivity contribution is -0.139. The molecule has 1 saturated heterocycles. The molecular weight excluding hydrogens is 647 g/mol. The SMILES string of the molecule is CC(C)S(=O)(=O)NC1(c2ccccc2)CCN(C(=O)NC(Cc2c[nH]c(=O)nc2NC(=O)c2c(Cl)cccc2Cl)C(=O)O)CC1. The Hall–Kier alpha value is -3.98. The fourth-order valence-corrected chi connectivity index (χ4v) is 6.59. The van der Waals surface area contributed by atoms with E-state index in [0.29, 0.717) is 0 Å². The Kier molecular flexibility index (Phi) is 10.5. The number of amides is 3. The number of nitrogens with one attached hydrogen (secondary N) is 4. The number of piperidine rings is 1. The van der Waals surface area contributed by atoms with Crippen molar-refractivity contribution < 1.29 is 27.9 Å². The van der Waals surface area contributed by atoms with Crippen LogP contribution in [-0.2, 0) is 26.8 Å². The molecule has 2 heterocycles. The highest BCUT2D eigenvalue weighted by Gasteiger charge is 2.41. The number of aromatic amines is 1. The van der Waals surface area contributed by atoms with Gasteiger partial charge in [0.1, 0.15) is 11.9 Å². The zero-order valence-electron chi connectivity index (χ0n) is 24.3. The highest BCUT2D eigenvalue weighted by atomic mass is 35.5. The second kappa shape index (κ2) is 14.0. The van der Waals surface area contributed by atoms with E-state index in [9.17, 15) is 32.7 Å². The van der Waals surface area contributed by atoms with Gasteiger partial charge in [-0.15, -0.1) is 0 Å². The van der Waals surface area contributed by atoms with Crippen LogP contribution in [0.2, 0.25) is 10.0 Å². The van der Waals surface area contributed by atoms with E-state index in [-0.39, 0.29) is 59.3 Å². The molecule has 5 N–H and O–H groups in total. The zero-order valence-corrected chi connectivity index (χ0v) is 26.7. The summed E-state index contributed by atoms with van der Waals surface area (Å²) in [6.45, 7) is 3.42. The number of carboxylic acids is 1. The normalized spacial score (nSPS) is 15.4. The number of halogens is 2. The smallest absolute Gasteiger partial charge is 0.346 e. The van der Waals surface area contributed by atoms with E-state index in [0.717, 1.165) is 5.56 Å². The molecule has 0 bridgehead atoms. The average molecular weight is 680 g/mol. The topological polar surface area (TPSA) is 191 Å². The molecule has 2 aromatic carbocycles. The maximum absolute atomic E-state index is 13.3. The Labute approximate surface area is 269 Å². The van der Waals surface area contributed by atoms with E-state index in [1.807, 2.05) is 30.3 Å². The third-order valence-electron chi connectivity index (χ3n) is 7.52. The molecule has 0 saturated carbocycles. The molecule has 45 heavy (non-hydrogen) atoms. The number of sulfonamides is 1. The van der Waals surface area contributed by atoms with Gasteiger partial charge in [-0.3, -0.25) is 4.79 Å². The zero-order chi connectivity index (χ0) is 32.9. The minimum absolute atomic E-state index is 0.0527. The van der Waals surface area contributed by atoms with E-state index in [2.05, 4.69) is 25.3 Å². The maximum atomic E-state index is 13.3. The lowest BCUT2D eigenvalue weighted by Crippen LogP contribution is -2.57. The quantitative estimate of drug-likeness (QED) is 0.216. The van der Waals surface area contributed by atoms with Gasteiger partial charge in [0.15, 0.2) is 0 Å². The summed E-state index contributed by atoms with van der Waals surface area (Å²) >= 11 is 12.2. The predicted molar refractivity (Wildman–Crippen MR) is 169 cm³/mol. The number of likely N-dealkylation sites (tertiary alicyclic amines) is 1. The maximum Gasteiger partial charge on any atom is 0.346 e. The first kappa shape index (κ1) is 33.9. The van der Waals surface area contributed by atoms with Gasteiger partial charge in [-0.2, -0.15) is 4.98 Å². The lowest BCUT2D eigenvalue weighted by atomic mass is 9.82.